The van der Waals surface area contributed by atoms with Crippen molar-refractivity contribution in [3.63, 3.8) is 0 Å². The smallest absolute Gasteiger partial charge is 0.235 e. The van der Waals surface area contributed by atoms with Gasteiger partial charge in [-0.1, -0.05) is 164 Å². The summed E-state index contributed by atoms with van der Waals surface area (Å²) in [6, 6.07) is 72.2. The van der Waals surface area contributed by atoms with Crippen LogP contribution in [0.3, 0.4) is 0 Å². The molecule has 3 heteroatoms. The molecule has 0 fully saturated rings. The van der Waals surface area contributed by atoms with Gasteiger partial charge in [0.1, 0.15) is 0 Å². The fourth-order valence-electron chi connectivity index (χ4n) is 9.12. The molecule has 0 aliphatic rings. The van der Waals surface area contributed by atoms with E-state index in [1.165, 1.54) is 53.9 Å². The molecule has 0 atom stereocenters. The van der Waals surface area contributed by atoms with Gasteiger partial charge in [0.2, 0.25) is 5.95 Å². The first-order valence-electron chi connectivity index (χ1n) is 19.5. The highest BCUT2D eigenvalue weighted by Crippen LogP contribution is 2.42. The molecule has 2 aromatic heterocycles. The molecular weight excluding hydrogens is 691 g/mol. The predicted molar refractivity (Wildman–Crippen MR) is 240 cm³/mol. The highest BCUT2D eigenvalue weighted by atomic mass is 15.2. The lowest BCUT2D eigenvalue weighted by Gasteiger charge is -2.17. The Morgan fingerprint density at radius 1 is 0.298 bits per heavy atom. The second-order valence-electron chi connectivity index (χ2n) is 14.9. The summed E-state index contributed by atoms with van der Waals surface area (Å²) in [6.07, 6.45) is 0. The van der Waals surface area contributed by atoms with Crippen molar-refractivity contribution in [3.8, 4) is 39.5 Å². The van der Waals surface area contributed by atoms with Crippen molar-refractivity contribution in [1.82, 2.24) is 14.5 Å². The molecule has 0 unspecified atom stereocenters. The van der Waals surface area contributed by atoms with Crippen LogP contribution in [0.15, 0.2) is 200 Å². The molecule has 3 nitrogen and oxygen atoms in total. The van der Waals surface area contributed by atoms with Crippen LogP contribution in [0.5, 0.6) is 0 Å². The molecule has 264 valence electrons. The van der Waals surface area contributed by atoms with Gasteiger partial charge < -0.3 is 0 Å². The third kappa shape index (κ3) is 4.92. The van der Waals surface area contributed by atoms with Gasteiger partial charge in [0.05, 0.1) is 22.2 Å². The van der Waals surface area contributed by atoms with Crippen LogP contribution in [0.25, 0.3) is 115 Å². The molecule has 0 bridgehead atoms. The van der Waals surface area contributed by atoms with Crippen molar-refractivity contribution in [1.29, 1.82) is 0 Å². The first-order valence-corrected chi connectivity index (χ1v) is 19.5. The minimum absolute atomic E-state index is 0.647. The van der Waals surface area contributed by atoms with Gasteiger partial charge in [0.25, 0.3) is 0 Å². The van der Waals surface area contributed by atoms with E-state index >= 15 is 0 Å². The zero-order valence-corrected chi connectivity index (χ0v) is 30.9. The van der Waals surface area contributed by atoms with Gasteiger partial charge in [-0.05, 0) is 102 Å². The van der Waals surface area contributed by atoms with Crippen LogP contribution in [-0.4, -0.2) is 14.5 Å². The van der Waals surface area contributed by atoms with E-state index in [0.29, 0.717) is 5.95 Å². The number of hydrogen-bond donors (Lipinski definition) is 0. The number of fused-ring (bicyclic) bond motifs is 11. The maximum absolute atomic E-state index is 5.63. The van der Waals surface area contributed by atoms with E-state index in [2.05, 4.69) is 205 Å². The van der Waals surface area contributed by atoms with Crippen molar-refractivity contribution in [2.24, 2.45) is 0 Å². The second-order valence-corrected chi connectivity index (χ2v) is 14.9. The summed E-state index contributed by atoms with van der Waals surface area (Å²) in [6.45, 7) is 0. The van der Waals surface area contributed by atoms with Crippen LogP contribution in [0.2, 0.25) is 0 Å². The van der Waals surface area contributed by atoms with Crippen molar-refractivity contribution in [3.05, 3.63) is 200 Å². The standard InChI is InChI=1S/C54H33N3/c1-3-15-34(16-4-1)45-32-49-50(33-46(45)35-17-5-2-6-18-35)55-54(57-51-26-14-13-25-44(51)48-29-36-19-7-8-20-37(36)31-52(48)57)56-53(49)38-27-28-43-41-23-10-9-21-39(41)40-22-11-12-24-42(40)47(43)30-38/h1-33H. The Bertz CT molecular complexity index is 3530. The summed E-state index contributed by atoms with van der Waals surface area (Å²) >= 11 is 0. The van der Waals surface area contributed by atoms with Crippen molar-refractivity contribution < 1.29 is 0 Å². The third-order valence-corrected chi connectivity index (χ3v) is 11.8. The fourth-order valence-corrected chi connectivity index (χ4v) is 9.12. The molecule has 57 heavy (non-hydrogen) atoms. The summed E-state index contributed by atoms with van der Waals surface area (Å²) in [5.41, 5.74) is 9.58. The predicted octanol–water partition coefficient (Wildman–Crippen LogP) is 14.3. The SMILES string of the molecule is c1ccc(-c2cc3nc(-n4c5ccccc5c5cc6ccccc6cc54)nc(-c4ccc5c6ccccc6c6ccccc6c5c4)c3cc2-c2ccccc2)cc1. The van der Waals surface area contributed by atoms with E-state index in [1.807, 2.05) is 0 Å². The molecule has 12 aromatic rings. The quantitative estimate of drug-likeness (QED) is 0.169. The van der Waals surface area contributed by atoms with Crippen molar-refractivity contribution in [2.75, 3.05) is 0 Å². The van der Waals surface area contributed by atoms with E-state index < -0.39 is 0 Å². The Morgan fingerprint density at radius 2 is 0.825 bits per heavy atom. The van der Waals surface area contributed by atoms with Crippen LogP contribution >= 0.6 is 0 Å². The fraction of sp³-hybridized carbons (Fsp3) is 0. The Kier molecular flexibility index (Phi) is 6.93. The van der Waals surface area contributed by atoms with Crippen molar-refractivity contribution >= 4 is 75.8 Å². The summed E-state index contributed by atoms with van der Waals surface area (Å²) in [5.74, 6) is 0.647. The summed E-state index contributed by atoms with van der Waals surface area (Å²) in [7, 11) is 0. The summed E-state index contributed by atoms with van der Waals surface area (Å²) in [4.78, 5) is 11.1. The summed E-state index contributed by atoms with van der Waals surface area (Å²) in [5, 5.41) is 13.2. The minimum atomic E-state index is 0.647. The average molecular weight is 724 g/mol. The van der Waals surface area contributed by atoms with Crippen LogP contribution in [0.1, 0.15) is 0 Å². The van der Waals surface area contributed by atoms with Crippen molar-refractivity contribution in [2.45, 2.75) is 0 Å². The molecule has 0 aliphatic heterocycles. The van der Waals surface area contributed by atoms with E-state index in [4.69, 9.17) is 9.97 Å². The average Bonchev–Trinajstić information content (AvgIpc) is 3.61. The van der Waals surface area contributed by atoms with Crippen LogP contribution in [0, 0.1) is 0 Å². The molecule has 2 heterocycles. The van der Waals surface area contributed by atoms with Gasteiger partial charge in [0.15, 0.2) is 0 Å². The van der Waals surface area contributed by atoms with Gasteiger partial charge >= 0.3 is 0 Å². The molecule has 0 spiro atoms. The highest BCUT2D eigenvalue weighted by Gasteiger charge is 2.21. The lowest BCUT2D eigenvalue weighted by atomic mass is 9.90. The molecule has 0 radical (unpaired) electrons. The Hall–Kier alpha value is -7.62. The van der Waals surface area contributed by atoms with Gasteiger partial charge in [0, 0.05) is 21.7 Å². The maximum Gasteiger partial charge on any atom is 0.235 e. The topological polar surface area (TPSA) is 30.7 Å². The third-order valence-electron chi connectivity index (χ3n) is 11.8. The first kappa shape index (κ1) is 31.7. The molecule has 10 aromatic carbocycles. The van der Waals surface area contributed by atoms with Crippen LogP contribution in [0.4, 0.5) is 0 Å². The number of rotatable bonds is 4. The van der Waals surface area contributed by atoms with E-state index in [9.17, 15) is 0 Å². The first-order chi connectivity index (χ1) is 28.3. The van der Waals surface area contributed by atoms with Gasteiger partial charge in [-0.15, -0.1) is 0 Å². The number of benzene rings is 10. The number of para-hydroxylation sites is 1. The van der Waals surface area contributed by atoms with E-state index in [0.717, 1.165) is 55.4 Å². The molecule has 0 saturated heterocycles. The largest absolute Gasteiger partial charge is 0.278 e. The molecular formula is C54H33N3. The normalized spacial score (nSPS) is 11.9. The van der Waals surface area contributed by atoms with E-state index in [1.54, 1.807) is 0 Å². The van der Waals surface area contributed by atoms with Gasteiger partial charge in [-0.2, -0.15) is 0 Å². The van der Waals surface area contributed by atoms with Gasteiger partial charge in [-0.25, -0.2) is 9.97 Å². The second kappa shape index (κ2) is 12.5. The van der Waals surface area contributed by atoms with Gasteiger partial charge in [-0.3, -0.25) is 4.57 Å². The monoisotopic (exact) mass is 723 g/mol. The zero-order chi connectivity index (χ0) is 37.5. The Morgan fingerprint density at radius 3 is 1.49 bits per heavy atom. The Labute approximate surface area is 328 Å². The van der Waals surface area contributed by atoms with Crippen LogP contribution in [-0.2, 0) is 0 Å². The molecule has 12 rings (SSSR count). The zero-order valence-electron chi connectivity index (χ0n) is 30.9. The molecule has 0 N–H and O–H groups in total. The Balaban J connectivity index is 1.22. The number of nitrogens with zero attached hydrogens (tertiary/aromatic N) is 3. The lowest BCUT2D eigenvalue weighted by molar-refractivity contribution is 1.01. The molecule has 0 saturated carbocycles. The minimum Gasteiger partial charge on any atom is -0.278 e. The molecule has 0 aliphatic carbocycles. The lowest BCUT2D eigenvalue weighted by Crippen LogP contribution is -2.04. The van der Waals surface area contributed by atoms with E-state index in [-0.39, 0.29) is 0 Å². The maximum atomic E-state index is 5.63. The highest BCUT2D eigenvalue weighted by molar-refractivity contribution is 6.26. The van der Waals surface area contributed by atoms with Crippen LogP contribution < -0.4 is 0 Å². The number of hydrogen-bond acceptors (Lipinski definition) is 2. The number of aromatic nitrogens is 3. The summed E-state index contributed by atoms with van der Waals surface area (Å²) < 4.78 is 2.26. The molecule has 0 amide bonds.